The van der Waals surface area contributed by atoms with E-state index >= 15 is 0 Å². The molecule has 194 valence electrons. The lowest BCUT2D eigenvalue weighted by molar-refractivity contribution is -0.121. The van der Waals surface area contributed by atoms with Crippen LogP contribution in [0.1, 0.15) is 61.2 Å². The number of nitrogens with zero attached hydrogens (tertiary/aromatic N) is 3. The van der Waals surface area contributed by atoms with E-state index in [0.29, 0.717) is 41.1 Å². The number of piperidine rings is 1. The highest BCUT2D eigenvalue weighted by atomic mass is 35.5. The minimum atomic E-state index is -0.196. The summed E-state index contributed by atoms with van der Waals surface area (Å²) in [5.41, 5.74) is 1.86. The fourth-order valence-corrected chi connectivity index (χ4v) is 5.39. The van der Waals surface area contributed by atoms with Crippen LogP contribution < -0.4 is 10.6 Å². The predicted octanol–water partition coefficient (Wildman–Crippen LogP) is 5.30. The van der Waals surface area contributed by atoms with Gasteiger partial charge in [-0.2, -0.15) is 4.98 Å². The summed E-state index contributed by atoms with van der Waals surface area (Å²) >= 11 is 6.08. The van der Waals surface area contributed by atoms with E-state index in [2.05, 4.69) is 25.7 Å². The molecule has 0 spiro atoms. The Labute approximate surface area is 221 Å². The summed E-state index contributed by atoms with van der Waals surface area (Å²) in [7, 11) is 0. The standard InChI is InChI=1S/C28H32ClN5O3/c29-21-10-6-8-19(16-21)26-32-25(37-33-26)18-34-15-7-9-20(17-34)27(35)31-24-14-5-4-13-23(24)28(36)30-22-11-2-1-3-12-22/h4-6,8,10,13-14,16,20,22H,1-3,7,9,11-12,15,17-18H2,(H,30,36)(H,31,35). The van der Waals surface area contributed by atoms with Crippen molar-refractivity contribution in [2.45, 2.75) is 57.5 Å². The number of halogens is 1. The number of hydrogen-bond acceptors (Lipinski definition) is 6. The van der Waals surface area contributed by atoms with Crippen LogP contribution in [0.4, 0.5) is 5.69 Å². The SMILES string of the molecule is O=C(NC1CCCCC1)c1ccccc1NC(=O)C1CCCN(Cc2nc(-c3cccc(Cl)c3)no2)C1. The second kappa shape index (κ2) is 11.9. The van der Waals surface area contributed by atoms with E-state index in [4.69, 9.17) is 16.1 Å². The zero-order chi connectivity index (χ0) is 25.6. The number of hydrogen-bond donors (Lipinski definition) is 2. The smallest absolute Gasteiger partial charge is 0.253 e. The Morgan fingerprint density at radius 3 is 2.70 bits per heavy atom. The first-order valence-electron chi connectivity index (χ1n) is 13.1. The third kappa shape index (κ3) is 6.56. The molecule has 37 heavy (non-hydrogen) atoms. The second-order valence-corrected chi connectivity index (χ2v) is 10.4. The van der Waals surface area contributed by atoms with Gasteiger partial charge in [0.25, 0.3) is 5.91 Å². The number of anilines is 1. The lowest BCUT2D eigenvalue weighted by atomic mass is 9.95. The molecule has 8 nitrogen and oxygen atoms in total. The van der Waals surface area contributed by atoms with E-state index in [0.717, 1.165) is 50.6 Å². The maximum atomic E-state index is 13.2. The van der Waals surface area contributed by atoms with Crippen LogP contribution in [0.25, 0.3) is 11.4 Å². The Morgan fingerprint density at radius 2 is 1.86 bits per heavy atom. The van der Waals surface area contributed by atoms with Crippen molar-refractivity contribution in [3.63, 3.8) is 0 Å². The van der Waals surface area contributed by atoms with E-state index in [-0.39, 0.29) is 23.8 Å². The first-order valence-corrected chi connectivity index (χ1v) is 13.4. The third-order valence-corrected chi connectivity index (χ3v) is 7.39. The van der Waals surface area contributed by atoms with E-state index < -0.39 is 0 Å². The van der Waals surface area contributed by atoms with Crippen LogP contribution in [-0.4, -0.2) is 46.0 Å². The number of likely N-dealkylation sites (tertiary alicyclic amines) is 1. The topological polar surface area (TPSA) is 100 Å². The summed E-state index contributed by atoms with van der Waals surface area (Å²) < 4.78 is 5.47. The third-order valence-electron chi connectivity index (χ3n) is 7.16. The minimum absolute atomic E-state index is 0.0761. The molecular formula is C28H32ClN5O3. The van der Waals surface area contributed by atoms with Crippen molar-refractivity contribution in [1.82, 2.24) is 20.4 Å². The van der Waals surface area contributed by atoms with Crippen LogP contribution in [0, 0.1) is 5.92 Å². The lowest BCUT2D eigenvalue weighted by Gasteiger charge is -2.31. The first kappa shape index (κ1) is 25.4. The van der Waals surface area contributed by atoms with Gasteiger partial charge >= 0.3 is 0 Å². The zero-order valence-corrected chi connectivity index (χ0v) is 21.5. The van der Waals surface area contributed by atoms with E-state index in [9.17, 15) is 9.59 Å². The van der Waals surface area contributed by atoms with Gasteiger partial charge in [-0.3, -0.25) is 14.5 Å². The molecule has 5 rings (SSSR count). The van der Waals surface area contributed by atoms with Crippen LogP contribution in [0.15, 0.2) is 53.1 Å². The molecule has 1 aliphatic heterocycles. The van der Waals surface area contributed by atoms with Crippen LogP contribution in [0.3, 0.4) is 0 Å². The minimum Gasteiger partial charge on any atom is -0.349 e. The van der Waals surface area contributed by atoms with Crippen molar-refractivity contribution in [2.75, 3.05) is 18.4 Å². The van der Waals surface area contributed by atoms with E-state index in [1.165, 1.54) is 6.42 Å². The highest BCUT2D eigenvalue weighted by molar-refractivity contribution is 6.30. The molecule has 2 aliphatic rings. The zero-order valence-electron chi connectivity index (χ0n) is 20.8. The van der Waals surface area contributed by atoms with Gasteiger partial charge in [0.2, 0.25) is 17.6 Å². The second-order valence-electron chi connectivity index (χ2n) is 9.94. The van der Waals surface area contributed by atoms with Crippen LogP contribution >= 0.6 is 11.6 Å². The van der Waals surface area contributed by atoms with Gasteiger partial charge in [-0.1, -0.05) is 60.3 Å². The van der Waals surface area contributed by atoms with E-state index in [1.807, 2.05) is 24.3 Å². The summed E-state index contributed by atoms with van der Waals surface area (Å²) in [5.74, 6) is 0.596. The molecule has 0 radical (unpaired) electrons. The summed E-state index contributed by atoms with van der Waals surface area (Å²) in [6.45, 7) is 1.90. The van der Waals surface area contributed by atoms with Crippen molar-refractivity contribution < 1.29 is 14.1 Å². The quantitative estimate of drug-likeness (QED) is 0.437. The Kier molecular flexibility index (Phi) is 8.16. The average molecular weight is 522 g/mol. The molecule has 1 aromatic heterocycles. The molecule has 9 heteroatoms. The highest BCUT2D eigenvalue weighted by Crippen LogP contribution is 2.24. The van der Waals surface area contributed by atoms with Gasteiger partial charge < -0.3 is 15.2 Å². The molecule has 2 heterocycles. The maximum Gasteiger partial charge on any atom is 0.253 e. The molecule has 2 amide bonds. The van der Waals surface area contributed by atoms with Crippen molar-refractivity contribution >= 4 is 29.1 Å². The van der Waals surface area contributed by atoms with Crippen molar-refractivity contribution in [3.05, 3.63) is 65.0 Å². The molecule has 2 fully saturated rings. The molecular weight excluding hydrogens is 490 g/mol. The number of aromatic nitrogens is 2. The van der Waals surface area contributed by atoms with E-state index in [1.54, 1.807) is 24.3 Å². The fraction of sp³-hybridized carbons (Fsp3) is 0.429. The molecule has 1 saturated carbocycles. The van der Waals surface area contributed by atoms with Gasteiger partial charge in [-0.25, -0.2) is 0 Å². The molecule has 1 aliphatic carbocycles. The number of carbonyl (C=O) groups excluding carboxylic acids is 2. The van der Waals surface area contributed by atoms with Crippen molar-refractivity contribution in [1.29, 1.82) is 0 Å². The number of para-hydroxylation sites is 1. The van der Waals surface area contributed by atoms with Gasteiger partial charge in [-0.15, -0.1) is 0 Å². The van der Waals surface area contributed by atoms with Crippen molar-refractivity contribution in [2.24, 2.45) is 5.92 Å². The summed E-state index contributed by atoms with van der Waals surface area (Å²) in [5, 5.41) is 10.9. The number of carbonyl (C=O) groups is 2. The fourth-order valence-electron chi connectivity index (χ4n) is 5.20. The molecule has 2 N–H and O–H groups in total. The molecule has 1 unspecified atom stereocenters. The van der Waals surface area contributed by atoms with Gasteiger partial charge in [0.15, 0.2) is 0 Å². The monoisotopic (exact) mass is 521 g/mol. The first-order chi connectivity index (χ1) is 18.0. The highest BCUT2D eigenvalue weighted by Gasteiger charge is 2.28. The average Bonchev–Trinajstić information content (AvgIpc) is 3.38. The maximum absolute atomic E-state index is 13.2. The van der Waals surface area contributed by atoms with Crippen LogP contribution in [0.5, 0.6) is 0 Å². The molecule has 0 bridgehead atoms. The number of benzene rings is 2. The molecule has 1 atom stereocenters. The Bertz CT molecular complexity index is 1240. The molecule has 1 saturated heterocycles. The largest absolute Gasteiger partial charge is 0.349 e. The number of rotatable bonds is 7. The summed E-state index contributed by atoms with van der Waals surface area (Å²) in [6.07, 6.45) is 7.22. The summed E-state index contributed by atoms with van der Waals surface area (Å²) in [6, 6.07) is 14.8. The van der Waals surface area contributed by atoms with Crippen molar-refractivity contribution in [3.8, 4) is 11.4 Å². The van der Waals surface area contributed by atoms with Crippen LogP contribution in [0.2, 0.25) is 5.02 Å². The van der Waals surface area contributed by atoms with Gasteiger partial charge in [-0.05, 0) is 56.5 Å². The molecule has 2 aromatic carbocycles. The van der Waals surface area contributed by atoms with Gasteiger partial charge in [0, 0.05) is 23.2 Å². The Hall–Kier alpha value is -3.23. The molecule has 3 aromatic rings. The van der Waals surface area contributed by atoms with Gasteiger partial charge in [0.05, 0.1) is 23.7 Å². The van der Waals surface area contributed by atoms with Gasteiger partial charge in [0.1, 0.15) is 0 Å². The Morgan fingerprint density at radius 1 is 1.03 bits per heavy atom. The lowest BCUT2D eigenvalue weighted by Crippen LogP contribution is -2.40. The normalized spacial score (nSPS) is 18.9. The summed E-state index contributed by atoms with van der Waals surface area (Å²) in [4.78, 5) is 32.9. The van der Waals surface area contributed by atoms with Crippen LogP contribution in [-0.2, 0) is 11.3 Å². The predicted molar refractivity (Wildman–Crippen MR) is 142 cm³/mol. The Balaban J connectivity index is 1.19. The number of amides is 2. The number of nitrogens with one attached hydrogen (secondary N) is 2.